The molecule has 0 aliphatic rings. The van der Waals surface area contributed by atoms with Gasteiger partial charge in [0, 0.05) is 18.3 Å². The molecule has 0 spiro atoms. The van der Waals surface area contributed by atoms with Crippen LogP contribution in [0.25, 0.3) is 0 Å². The number of halogens is 1. The van der Waals surface area contributed by atoms with Crippen molar-refractivity contribution in [3.8, 4) is 5.75 Å². The molecule has 0 aliphatic heterocycles. The highest BCUT2D eigenvalue weighted by Gasteiger charge is 2.11. The first-order valence-electron chi connectivity index (χ1n) is 8.83. The number of nitrogens with zero attached hydrogens (tertiary/aromatic N) is 2. The van der Waals surface area contributed by atoms with Crippen molar-refractivity contribution in [2.24, 2.45) is 0 Å². The number of hydrogen-bond acceptors (Lipinski definition) is 5. The molecule has 0 unspecified atom stereocenters. The van der Waals surface area contributed by atoms with Gasteiger partial charge in [0.15, 0.2) is 0 Å². The van der Waals surface area contributed by atoms with Crippen molar-refractivity contribution in [3.63, 3.8) is 0 Å². The Morgan fingerprint density at radius 2 is 1.93 bits per heavy atom. The van der Waals surface area contributed by atoms with Crippen LogP contribution < -0.4 is 15.4 Å². The Bertz CT molecular complexity index is 978. The highest BCUT2D eigenvalue weighted by atomic mass is 19.1. The van der Waals surface area contributed by atoms with E-state index in [4.69, 9.17) is 4.74 Å². The van der Waals surface area contributed by atoms with Gasteiger partial charge >= 0.3 is 0 Å². The summed E-state index contributed by atoms with van der Waals surface area (Å²) in [5.41, 5.74) is 1.70. The Balaban J connectivity index is 1.64. The van der Waals surface area contributed by atoms with Gasteiger partial charge in [-0.3, -0.25) is 4.79 Å². The molecule has 1 heterocycles. The van der Waals surface area contributed by atoms with E-state index in [-0.39, 0.29) is 5.69 Å². The fourth-order valence-electron chi connectivity index (χ4n) is 2.70. The Labute approximate surface area is 162 Å². The number of benzene rings is 2. The van der Waals surface area contributed by atoms with Gasteiger partial charge in [0.25, 0.3) is 5.91 Å². The average molecular weight is 380 g/mol. The third-order valence-corrected chi connectivity index (χ3v) is 4.01. The highest BCUT2D eigenvalue weighted by Crippen LogP contribution is 2.15. The number of carbonyl (C=O) groups is 1. The van der Waals surface area contributed by atoms with E-state index in [0.29, 0.717) is 23.9 Å². The van der Waals surface area contributed by atoms with Crippen molar-refractivity contribution in [3.05, 3.63) is 77.5 Å². The number of hydrogen-bond donors (Lipinski definition) is 2. The van der Waals surface area contributed by atoms with Gasteiger partial charge in [-0.2, -0.15) is 0 Å². The van der Waals surface area contributed by atoms with Gasteiger partial charge in [-0.25, -0.2) is 14.4 Å². The lowest BCUT2D eigenvalue weighted by Crippen LogP contribution is -2.16. The molecular weight excluding hydrogens is 359 g/mol. The van der Waals surface area contributed by atoms with Crippen molar-refractivity contribution in [2.75, 3.05) is 24.3 Å². The summed E-state index contributed by atoms with van der Waals surface area (Å²) >= 11 is 0. The fraction of sp³-hybridized carbons (Fsp3) is 0.190. The minimum atomic E-state index is -0.424. The van der Waals surface area contributed by atoms with Crippen molar-refractivity contribution >= 4 is 17.4 Å². The smallest absolute Gasteiger partial charge is 0.274 e. The van der Waals surface area contributed by atoms with Crippen molar-refractivity contribution in [1.29, 1.82) is 0 Å². The van der Waals surface area contributed by atoms with Gasteiger partial charge in [0.05, 0.1) is 7.11 Å². The van der Waals surface area contributed by atoms with Crippen LogP contribution in [0.1, 0.15) is 21.9 Å². The molecule has 0 bridgehead atoms. The highest BCUT2D eigenvalue weighted by molar-refractivity contribution is 6.03. The second-order valence-corrected chi connectivity index (χ2v) is 6.18. The van der Waals surface area contributed by atoms with Crippen molar-refractivity contribution in [2.45, 2.75) is 13.3 Å². The van der Waals surface area contributed by atoms with Gasteiger partial charge < -0.3 is 15.4 Å². The summed E-state index contributed by atoms with van der Waals surface area (Å²) in [6.45, 7) is 2.35. The van der Waals surface area contributed by atoms with E-state index < -0.39 is 11.7 Å². The number of ether oxygens (including phenoxy) is 1. The van der Waals surface area contributed by atoms with E-state index in [0.717, 1.165) is 17.7 Å². The molecule has 0 atom stereocenters. The number of carbonyl (C=O) groups excluding carboxylic acids is 1. The summed E-state index contributed by atoms with van der Waals surface area (Å²) in [4.78, 5) is 20.9. The van der Waals surface area contributed by atoms with Crippen LogP contribution in [0.3, 0.4) is 0 Å². The number of aromatic nitrogens is 2. The molecule has 0 aliphatic carbocycles. The quantitative estimate of drug-likeness (QED) is 0.651. The first-order chi connectivity index (χ1) is 13.5. The molecule has 0 saturated heterocycles. The molecule has 0 radical (unpaired) electrons. The number of amides is 1. The lowest BCUT2D eigenvalue weighted by Gasteiger charge is -2.10. The molecule has 6 nitrogen and oxygen atoms in total. The number of aryl methyl sites for hydroxylation is 1. The summed E-state index contributed by atoms with van der Waals surface area (Å²) in [6, 6.07) is 15.1. The number of anilines is 2. The fourth-order valence-corrected chi connectivity index (χ4v) is 2.70. The maximum Gasteiger partial charge on any atom is 0.274 e. The van der Waals surface area contributed by atoms with E-state index in [1.807, 2.05) is 24.3 Å². The molecule has 2 aromatic carbocycles. The Morgan fingerprint density at radius 1 is 1.11 bits per heavy atom. The molecule has 0 fully saturated rings. The van der Waals surface area contributed by atoms with Crippen molar-refractivity contribution in [1.82, 2.24) is 9.97 Å². The summed E-state index contributed by atoms with van der Waals surface area (Å²) in [5, 5.41) is 5.84. The Hall–Kier alpha value is -3.48. The van der Waals surface area contributed by atoms with E-state index in [9.17, 15) is 9.18 Å². The zero-order valence-corrected chi connectivity index (χ0v) is 15.7. The van der Waals surface area contributed by atoms with Crippen LogP contribution in [-0.4, -0.2) is 29.5 Å². The largest absolute Gasteiger partial charge is 0.497 e. The summed E-state index contributed by atoms with van der Waals surface area (Å²) in [5.74, 6) is 0.991. The van der Waals surface area contributed by atoms with Crippen LogP contribution in [0.2, 0.25) is 0 Å². The van der Waals surface area contributed by atoms with Crippen LogP contribution in [0.5, 0.6) is 5.75 Å². The summed E-state index contributed by atoms with van der Waals surface area (Å²) in [7, 11) is 1.64. The van der Waals surface area contributed by atoms with Crippen LogP contribution >= 0.6 is 0 Å². The molecule has 7 heteroatoms. The lowest BCUT2D eigenvalue weighted by atomic mass is 10.1. The molecular formula is C21H21FN4O2. The molecule has 1 aromatic heterocycles. The number of nitrogens with one attached hydrogen (secondary N) is 2. The maximum atomic E-state index is 13.3. The van der Waals surface area contributed by atoms with E-state index >= 15 is 0 Å². The Morgan fingerprint density at radius 3 is 2.71 bits per heavy atom. The maximum absolute atomic E-state index is 13.3. The summed E-state index contributed by atoms with van der Waals surface area (Å²) in [6.07, 6.45) is 0.769. The monoisotopic (exact) mass is 380 g/mol. The minimum Gasteiger partial charge on any atom is -0.497 e. The SMILES string of the molecule is COc1cccc(CCNc2cc(C(=O)Nc3cccc(F)c3)nc(C)n2)c1. The van der Waals surface area contributed by atoms with Gasteiger partial charge in [-0.15, -0.1) is 0 Å². The minimum absolute atomic E-state index is 0.209. The second kappa shape index (κ2) is 8.94. The van der Waals surface area contributed by atoms with E-state index in [1.165, 1.54) is 18.2 Å². The van der Waals surface area contributed by atoms with Gasteiger partial charge in [0.2, 0.25) is 0 Å². The normalized spacial score (nSPS) is 10.4. The zero-order chi connectivity index (χ0) is 19.9. The average Bonchev–Trinajstić information content (AvgIpc) is 2.68. The third kappa shape index (κ3) is 5.26. The van der Waals surface area contributed by atoms with Crippen LogP contribution in [0.4, 0.5) is 15.9 Å². The standard InChI is InChI=1S/C21H21FN4O2/c1-14-24-19(21(27)26-17-7-4-6-16(22)12-17)13-20(25-14)23-10-9-15-5-3-8-18(11-15)28-2/h3-8,11-13H,9-10H2,1-2H3,(H,26,27)(H,23,24,25). The molecule has 1 amide bonds. The first kappa shape index (κ1) is 19.3. The molecule has 144 valence electrons. The number of rotatable bonds is 7. The topological polar surface area (TPSA) is 76.1 Å². The lowest BCUT2D eigenvalue weighted by molar-refractivity contribution is 0.102. The summed E-state index contributed by atoms with van der Waals surface area (Å²) < 4.78 is 18.5. The molecule has 0 saturated carbocycles. The third-order valence-electron chi connectivity index (χ3n) is 4.01. The predicted octanol–water partition coefficient (Wildman–Crippen LogP) is 3.84. The van der Waals surface area contributed by atoms with Crippen LogP contribution in [-0.2, 0) is 6.42 Å². The van der Waals surface area contributed by atoms with E-state index in [2.05, 4.69) is 20.6 Å². The molecule has 28 heavy (non-hydrogen) atoms. The van der Waals surface area contributed by atoms with Crippen LogP contribution in [0, 0.1) is 12.7 Å². The second-order valence-electron chi connectivity index (χ2n) is 6.18. The first-order valence-corrected chi connectivity index (χ1v) is 8.83. The molecule has 3 rings (SSSR count). The van der Waals surface area contributed by atoms with Gasteiger partial charge in [-0.1, -0.05) is 18.2 Å². The van der Waals surface area contributed by atoms with Crippen molar-refractivity contribution < 1.29 is 13.9 Å². The molecule has 2 N–H and O–H groups in total. The van der Waals surface area contributed by atoms with E-state index in [1.54, 1.807) is 26.2 Å². The molecule has 3 aromatic rings. The van der Waals surface area contributed by atoms with Gasteiger partial charge in [0.1, 0.15) is 28.9 Å². The van der Waals surface area contributed by atoms with Gasteiger partial charge in [-0.05, 0) is 49.2 Å². The Kier molecular flexibility index (Phi) is 6.16. The predicted molar refractivity (Wildman–Crippen MR) is 106 cm³/mol. The van der Waals surface area contributed by atoms with Crippen LogP contribution in [0.15, 0.2) is 54.6 Å². The number of methoxy groups -OCH3 is 1. The zero-order valence-electron chi connectivity index (χ0n) is 15.7.